The van der Waals surface area contributed by atoms with Crippen LogP contribution in [0.15, 0.2) is 71.3 Å². The van der Waals surface area contributed by atoms with E-state index in [1.807, 2.05) is 62.1 Å². The molecule has 0 unspecified atom stereocenters. The van der Waals surface area contributed by atoms with Crippen molar-refractivity contribution in [1.29, 1.82) is 5.26 Å². The lowest BCUT2D eigenvalue weighted by atomic mass is 9.64. The molecule has 164 valence electrons. The maximum atomic E-state index is 14.3. The standard InChI is InChI=1S/C27H23N3O3/c1-15-8-10-16(11-9-15)30-20-12-25(2,3)13-21(31)22(20)26-19(14-28)24(29)33-27(26,30)18-7-5-4-6-17(18)23(26)32/h4-11H,12-13,29H2,1-3H3/t26-,27-/m1/s1. The van der Waals surface area contributed by atoms with Crippen LogP contribution < -0.4 is 10.6 Å². The molecule has 2 aromatic rings. The first-order valence-corrected chi connectivity index (χ1v) is 11.1. The fraction of sp³-hybridized carbons (Fsp3) is 0.296. The molecule has 6 nitrogen and oxygen atoms in total. The summed E-state index contributed by atoms with van der Waals surface area (Å²) in [6.07, 6.45) is 0.858. The molecule has 0 radical (unpaired) electrons. The van der Waals surface area contributed by atoms with Crippen molar-refractivity contribution in [1.82, 2.24) is 0 Å². The van der Waals surface area contributed by atoms with E-state index >= 15 is 0 Å². The van der Waals surface area contributed by atoms with Gasteiger partial charge in [-0.2, -0.15) is 5.26 Å². The number of hydrogen-bond acceptors (Lipinski definition) is 6. The minimum atomic E-state index is -1.61. The van der Waals surface area contributed by atoms with Crippen LogP contribution in [0.2, 0.25) is 0 Å². The van der Waals surface area contributed by atoms with Gasteiger partial charge in [0, 0.05) is 34.5 Å². The Balaban J connectivity index is 1.79. The number of nitrogens with two attached hydrogens (primary N) is 1. The zero-order valence-corrected chi connectivity index (χ0v) is 18.7. The number of nitriles is 1. The molecule has 2 aliphatic carbocycles. The van der Waals surface area contributed by atoms with Gasteiger partial charge in [0.1, 0.15) is 11.6 Å². The Morgan fingerprint density at radius 1 is 1.06 bits per heavy atom. The second-order valence-corrected chi connectivity index (χ2v) is 10.2. The van der Waals surface area contributed by atoms with Gasteiger partial charge in [-0.1, -0.05) is 55.8 Å². The first-order valence-electron chi connectivity index (χ1n) is 11.1. The van der Waals surface area contributed by atoms with Crippen LogP contribution in [-0.4, -0.2) is 11.6 Å². The summed E-state index contributed by atoms with van der Waals surface area (Å²) in [5.41, 5.74) is 7.02. The lowest BCUT2D eigenvalue weighted by Crippen LogP contribution is -2.52. The van der Waals surface area contributed by atoms with Crippen molar-refractivity contribution in [2.75, 3.05) is 4.90 Å². The van der Waals surface area contributed by atoms with Crippen LogP contribution in [-0.2, 0) is 15.3 Å². The molecule has 2 atom stereocenters. The molecule has 2 aromatic carbocycles. The molecule has 0 saturated carbocycles. The molecule has 0 spiro atoms. The van der Waals surface area contributed by atoms with Gasteiger partial charge in [-0.05, 0) is 30.9 Å². The van der Waals surface area contributed by atoms with Crippen LogP contribution in [0, 0.1) is 29.1 Å². The second kappa shape index (κ2) is 5.93. The quantitative estimate of drug-likeness (QED) is 0.718. The number of benzene rings is 2. The van der Waals surface area contributed by atoms with Crippen LogP contribution in [0.1, 0.15) is 48.2 Å². The number of allylic oxidation sites excluding steroid dienone is 1. The average Bonchev–Trinajstić information content (AvgIpc) is 3.24. The summed E-state index contributed by atoms with van der Waals surface area (Å²) in [5, 5.41) is 10.2. The molecule has 0 amide bonds. The molecule has 4 aliphatic rings. The molecule has 0 aromatic heterocycles. The average molecular weight is 437 g/mol. The van der Waals surface area contributed by atoms with Crippen molar-refractivity contribution in [3.05, 3.63) is 87.9 Å². The lowest BCUT2D eigenvalue weighted by Gasteiger charge is -2.42. The number of nitrogens with zero attached hydrogens (tertiary/aromatic N) is 2. The molecule has 2 N–H and O–H groups in total. The number of carbonyl (C=O) groups is 2. The van der Waals surface area contributed by atoms with Crippen LogP contribution in [0.25, 0.3) is 0 Å². The van der Waals surface area contributed by atoms with Gasteiger partial charge in [0.2, 0.25) is 11.6 Å². The van der Waals surface area contributed by atoms with Crippen molar-refractivity contribution in [3.63, 3.8) is 0 Å². The number of aryl methyl sites for hydroxylation is 1. The maximum absolute atomic E-state index is 14.3. The van der Waals surface area contributed by atoms with Crippen molar-refractivity contribution in [2.24, 2.45) is 16.6 Å². The van der Waals surface area contributed by atoms with Crippen LogP contribution in [0.4, 0.5) is 5.69 Å². The van der Waals surface area contributed by atoms with Gasteiger partial charge in [0.05, 0.1) is 0 Å². The number of ketones is 2. The first-order chi connectivity index (χ1) is 15.7. The summed E-state index contributed by atoms with van der Waals surface area (Å²) in [6.45, 7) is 6.10. The number of rotatable bonds is 1. The number of Topliss-reactive ketones (excluding diaryl/α,β-unsaturated/α-hetero) is 2. The fourth-order valence-corrected chi connectivity index (χ4v) is 6.35. The number of hydrogen-bond donors (Lipinski definition) is 1. The van der Waals surface area contributed by atoms with E-state index in [0.717, 1.165) is 16.9 Å². The van der Waals surface area contributed by atoms with Crippen molar-refractivity contribution < 1.29 is 14.3 Å². The van der Waals surface area contributed by atoms with E-state index in [1.54, 1.807) is 12.1 Å². The zero-order chi connectivity index (χ0) is 23.3. The number of anilines is 1. The number of ether oxygens (including phenoxy) is 1. The highest BCUT2D eigenvalue weighted by molar-refractivity contribution is 6.20. The highest BCUT2D eigenvalue weighted by Gasteiger charge is 2.81. The van der Waals surface area contributed by atoms with Gasteiger partial charge in [0.25, 0.3) is 0 Å². The fourth-order valence-electron chi connectivity index (χ4n) is 6.35. The van der Waals surface area contributed by atoms with Crippen molar-refractivity contribution >= 4 is 17.3 Å². The Labute approximate surface area is 191 Å². The van der Waals surface area contributed by atoms with Crippen molar-refractivity contribution in [2.45, 2.75) is 39.3 Å². The molecule has 2 heterocycles. The van der Waals surface area contributed by atoms with Crippen LogP contribution >= 0.6 is 0 Å². The third-order valence-corrected chi connectivity index (χ3v) is 7.48. The molecule has 0 fully saturated rings. The SMILES string of the molecule is Cc1ccc(N2C3=C(C(=O)CC(C)(C)C3)[C@]34C(=O)c5ccccc5[C@]23OC(N)=C4C#N)cc1. The molecule has 0 bridgehead atoms. The second-order valence-electron chi connectivity index (χ2n) is 10.2. The van der Waals surface area contributed by atoms with Gasteiger partial charge >= 0.3 is 0 Å². The number of fused-ring (bicyclic) bond motifs is 1. The Morgan fingerprint density at radius 2 is 1.76 bits per heavy atom. The van der Waals surface area contributed by atoms with Gasteiger partial charge in [-0.15, -0.1) is 0 Å². The molecular formula is C27H23N3O3. The van der Waals surface area contributed by atoms with E-state index in [2.05, 4.69) is 6.07 Å². The minimum absolute atomic E-state index is 0.0267. The maximum Gasteiger partial charge on any atom is 0.238 e. The highest BCUT2D eigenvalue weighted by Crippen LogP contribution is 2.72. The topological polar surface area (TPSA) is 96.4 Å². The third kappa shape index (κ3) is 2.04. The molecule has 6 heteroatoms. The monoisotopic (exact) mass is 437 g/mol. The van der Waals surface area contributed by atoms with E-state index in [9.17, 15) is 14.9 Å². The van der Waals surface area contributed by atoms with E-state index < -0.39 is 11.1 Å². The summed E-state index contributed by atoms with van der Waals surface area (Å²) in [7, 11) is 0. The van der Waals surface area contributed by atoms with Gasteiger partial charge in [-0.25, -0.2) is 0 Å². The van der Waals surface area contributed by atoms with Crippen LogP contribution in [0.5, 0.6) is 0 Å². The minimum Gasteiger partial charge on any atom is -0.446 e. The predicted octanol–water partition coefficient (Wildman–Crippen LogP) is 4.22. The van der Waals surface area contributed by atoms with E-state index in [1.165, 1.54) is 0 Å². The zero-order valence-electron chi connectivity index (χ0n) is 18.7. The molecule has 2 aliphatic heterocycles. The van der Waals surface area contributed by atoms with Crippen molar-refractivity contribution in [3.8, 4) is 6.07 Å². The number of carbonyl (C=O) groups excluding carboxylic acids is 2. The van der Waals surface area contributed by atoms with Gasteiger partial charge in [-0.3, -0.25) is 9.59 Å². The molecule has 6 rings (SSSR count). The largest absolute Gasteiger partial charge is 0.446 e. The van der Waals surface area contributed by atoms with E-state index in [0.29, 0.717) is 23.1 Å². The molecule has 0 saturated heterocycles. The third-order valence-electron chi connectivity index (χ3n) is 7.48. The Bertz CT molecular complexity index is 1390. The smallest absolute Gasteiger partial charge is 0.238 e. The lowest BCUT2D eigenvalue weighted by molar-refractivity contribution is -0.119. The van der Waals surface area contributed by atoms with E-state index in [-0.39, 0.29) is 34.9 Å². The first kappa shape index (κ1) is 19.8. The summed E-state index contributed by atoms with van der Waals surface area (Å²) < 4.78 is 6.44. The summed E-state index contributed by atoms with van der Waals surface area (Å²) in [5.74, 6) is -0.528. The summed E-state index contributed by atoms with van der Waals surface area (Å²) >= 11 is 0. The molecule has 33 heavy (non-hydrogen) atoms. The van der Waals surface area contributed by atoms with Gasteiger partial charge < -0.3 is 15.4 Å². The predicted molar refractivity (Wildman–Crippen MR) is 122 cm³/mol. The van der Waals surface area contributed by atoms with E-state index in [4.69, 9.17) is 10.5 Å². The highest BCUT2D eigenvalue weighted by atomic mass is 16.5. The normalized spacial score (nSPS) is 28.8. The Morgan fingerprint density at radius 3 is 2.45 bits per heavy atom. The molecular weight excluding hydrogens is 414 g/mol. The Hall–Kier alpha value is -3.85. The summed E-state index contributed by atoms with van der Waals surface area (Å²) in [6, 6.07) is 17.3. The Kier molecular flexibility index (Phi) is 3.56. The summed E-state index contributed by atoms with van der Waals surface area (Å²) in [4.78, 5) is 30.0. The van der Waals surface area contributed by atoms with Crippen LogP contribution in [0.3, 0.4) is 0 Å². The van der Waals surface area contributed by atoms with Gasteiger partial charge in [0.15, 0.2) is 17.0 Å².